The molecular weight excluding hydrogens is 458 g/mol. The summed E-state index contributed by atoms with van der Waals surface area (Å²) in [7, 11) is 0. The maximum absolute atomic E-state index is 12.3. The average Bonchev–Trinajstić information content (AvgIpc) is 3.17. The van der Waals surface area contributed by atoms with Gasteiger partial charge in [-0.2, -0.15) is 5.10 Å². The van der Waals surface area contributed by atoms with Crippen molar-refractivity contribution in [2.45, 2.75) is 64.1 Å². The average molecular weight is 492 g/mol. The third-order valence-electron chi connectivity index (χ3n) is 6.06. The first-order chi connectivity index (χ1) is 17.1. The highest BCUT2D eigenvalue weighted by Crippen LogP contribution is 2.35. The molecular formula is C27H33N5O4. The van der Waals surface area contributed by atoms with Crippen molar-refractivity contribution in [1.82, 2.24) is 15.1 Å². The zero-order chi connectivity index (χ0) is 25.9. The molecule has 1 aliphatic carbocycles. The first-order valence-electron chi connectivity index (χ1n) is 12.1. The Hall–Kier alpha value is -4.01. The van der Waals surface area contributed by atoms with Crippen LogP contribution in [0.2, 0.25) is 0 Å². The Labute approximate surface area is 210 Å². The van der Waals surface area contributed by atoms with E-state index in [-0.39, 0.29) is 23.5 Å². The number of nitrogens with one attached hydrogen (secondary N) is 1. The Balaban J connectivity index is 1.48. The van der Waals surface area contributed by atoms with Gasteiger partial charge in [-0.1, -0.05) is 18.2 Å². The van der Waals surface area contributed by atoms with Crippen LogP contribution in [0.5, 0.6) is 11.5 Å². The first-order valence-corrected chi connectivity index (χ1v) is 12.1. The van der Waals surface area contributed by atoms with E-state index in [1.165, 1.54) is 0 Å². The molecule has 190 valence electrons. The van der Waals surface area contributed by atoms with Gasteiger partial charge in [0.05, 0.1) is 6.04 Å². The summed E-state index contributed by atoms with van der Waals surface area (Å²) in [6, 6.07) is 16.8. The number of primary amides is 1. The normalized spacial score (nSPS) is 17.9. The summed E-state index contributed by atoms with van der Waals surface area (Å²) in [5, 5.41) is 7.65. The summed E-state index contributed by atoms with van der Waals surface area (Å²) in [4.78, 5) is 24.4. The molecule has 1 heterocycles. The number of aromatic nitrogens is 2. The van der Waals surface area contributed by atoms with Crippen molar-refractivity contribution in [3.63, 3.8) is 0 Å². The highest BCUT2D eigenvalue weighted by atomic mass is 16.6. The Morgan fingerprint density at radius 2 is 1.58 bits per heavy atom. The molecule has 0 radical (unpaired) electrons. The third-order valence-corrected chi connectivity index (χ3v) is 6.06. The molecule has 1 fully saturated rings. The van der Waals surface area contributed by atoms with Crippen molar-refractivity contribution in [1.29, 1.82) is 0 Å². The SMILES string of the molecule is CC(C)(C)OC(=O)NC1CCC(n2nc(-c3ccc(Oc4ccccc4)cc3)c(C(N)=O)c2N)CC1. The number of benzene rings is 2. The van der Waals surface area contributed by atoms with Gasteiger partial charge in [0.2, 0.25) is 0 Å². The lowest BCUT2D eigenvalue weighted by Gasteiger charge is -2.30. The van der Waals surface area contributed by atoms with Crippen LogP contribution in [-0.2, 0) is 4.74 Å². The summed E-state index contributed by atoms with van der Waals surface area (Å²) < 4.78 is 12.9. The smallest absolute Gasteiger partial charge is 0.407 e. The molecule has 2 amide bonds. The molecule has 0 spiro atoms. The zero-order valence-corrected chi connectivity index (χ0v) is 20.9. The number of hydrogen-bond acceptors (Lipinski definition) is 6. The quantitative estimate of drug-likeness (QED) is 0.443. The van der Waals surface area contributed by atoms with Gasteiger partial charge in [-0.3, -0.25) is 4.79 Å². The highest BCUT2D eigenvalue weighted by molar-refractivity contribution is 6.03. The molecule has 9 heteroatoms. The van der Waals surface area contributed by atoms with Gasteiger partial charge in [0.25, 0.3) is 5.91 Å². The van der Waals surface area contributed by atoms with Gasteiger partial charge in [-0.15, -0.1) is 0 Å². The van der Waals surface area contributed by atoms with E-state index in [1.54, 1.807) is 4.68 Å². The topological polar surface area (TPSA) is 134 Å². The number of hydrogen-bond donors (Lipinski definition) is 3. The Morgan fingerprint density at radius 1 is 0.972 bits per heavy atom. The van der Waals surface area contributed by atoms with E-state index in [4.69, 9.17) is 26.0 Å². The van der Waals surface area contributed by atoms with Crippen molar-refractivity contribution in [3.8, 4) is 22.8 Å². The molecule has 2 aromatic carbocycles. The van der Waals surface area contributed by atoms with E-state index in [2.05, 4.69) is 5.32 Å². The second kappa shape index (κ2) is 10.3. The molecule has 3 aromatic rings. The molecule has 1 aromatic heterocycles. The number of ether oxygens (including phenoxy) is 2. The number of amides is 2. The summed E-state index contributed by atoms with van der Waals surface area (Å²) >= 11 is 0. The maximum atomic E-state index is 12.3. The van der Waals surface area contributed by atoms with Gasteiger partial charge in [0.15, 0.2) is 0 Å². The minimum Gasteiger partial charge on any atom is -0.457 e. The van der Waals surface area contributed by atoms with Crippen LogP contribution in [0.15, 0.2) is 54.6 Å². The molecule has 36 heavy (non-hydrogen) atoms. The number of rotatable bonds is 6. The Bertz CT molecular complexity index is 1210. The van der Waals surface area contributed by atoms with Crippen LogP contribution in [-0.4, -0.2) is 33.4 Å². The van der Waals surface area contributed by atoms with Crippen molar-refractivity contribution in [2.75, 3.05) is 5.73 Å². The molecule has 0 bridgehead atoms. The van der Waals surface area contributed by atoms with Gasteiger partial charge in [0, 0.05) is 11.6 Å². The zero-order valence-electron chi connectivity index (χ0n) is 20.9. The number of nitrogen functional groups attached to an aromatic ring is 1. The highest BCUT2D eigenvalue weighted by Gasteiger charge is 2.30. The standard InChI is InChI=1S/C27H33N5O4/c1-27(2,3)36-26(34)30-18-11-13-19(14-12-18)32-24(28)22(25(29)33)23(31-32)17-9-15-21(16-10-17)35-20-7-5-4-6-8-20/h4-10,15-16,18-19H,11-14,28H2,1-3H3,(H2,29,33)(H,30,34). The molecule has 0 unspecified atom stereocenters. The largest absolute Gasteiger partial charge is 0.457 e. The molecule has 5 N–H and O–H groups in total. The minimum absolute atomic E-state index is 0.00535. The van der Waals surface area contributed by atoms with E-state index in [0.717, 1.165) is 37.0 Å². The lowest BCUT2D eigenvalue weighted by molar-refractivity contribution is 0.0487. The number of carbonyl (C=O) groups is 2. The van der Waals surface area contributed by atoms with Crippen LogP contribution in [0.25, 0.3) is 11.3 Å². The van der Waals surface area contributed by atoms with Gasteiger partial charge >= 0.3 is 6.09 Å². The van der Waals surface area contributed by atoms with Crippen LogP contribution in [0.1, 0.15) is 62.9 Å². The van der Waals surface area contributed by atoms with Gasteiger partial charge in [-0.05, 0) is 82.9 Å². The van der Waals surface area contributed by atoms with Gasteiger partial charge in [-0.25, -0.2) is 9.48 Å². The lowest BCUT2D eigenvalue weighted by atomic mass is 9.91. The summed E-state index contributed by atoms with van der Waals surface area (Å²) in [5.41, 5.74) is 12.9. The molecule has 1 saturated carbocycles. The van der Waals surface area contributed by atoms with E-state index >= 15 is 0 Å². The Kier molecular flexibility index (Phi) is 7.19. The fourth-order valence-corrected chi connectivity index (χ4v) is 4.42. The predicted molar refractivity (Wildman–Crippen MR) is 138 cm³/mol. The lowest BCUT2D eigenvalue weighted by Crippen LogP contribution is -2.41. The molecule has 0 atom stereocenters. The van der Waals surface area contributed by atoms with Crippen LogP contribution >= 0.6 is 0 Å². The molecule has 1 aliphatic rings. The van der Waals surface area contributed by atoms with Crippen LogP contribution in [0, 0.1) is 0 Å². The number of alkyl carbamates (subject to hydrolysis) is 1. The van der Waals surface area contributed by atoms with Gasteiger partial charge in [0.1, 0.15) is 34.2 Å². The van der Waals surface area contributed by atoms with E-state index in [9.17, 15) is 9.59 Å². The third kappa shape index (κ3) is 5.97. The molecule has 4 rings (SSSR count). The summed E-state index contributed by atoms with van der Waals surface area (Å²) in [6.45, 7) is 5.51. The van der Waals surface area contributed by atoms with Gasteiger partial charge < -0.3 is 26.3 Å². The van der Waals surface area contributed by atoms with Crippen molar-refractivity contribution in [2.24, 2.45) is 5.73 Å². The molecule has 9 nitrogen and oxygen atoms in total. The van der Waals surface area contributed by atoms with Crippen LogP contribution in [0.4, 0.5) is 10.6 Å². The number of nitrogens with two attached hydrogens (primary N) is 2. The second-order valence-electron chi connectivity index (χ2n) is 10.0. The summed E-state index contributed by atoms with van der Waals surface area (Å²) in [5.74, 6) is 1.02. The molecule has 0 saturated heterocycles. The van der Waals surface area contributed by atoms with Crippen molar-refractivity contribution < 1.29 is 19.1 Å². The van der Waals surface area contributed by atoms with Crippen LogP contribution in [0.3, 0.4) is 0 Å². The fraction of sp³-hybridized carbons (Fsp3) is 0.370. The van der Waals surface area contributed by atoms with E-state index < -0.39 is 17.6 Å². The number of anilines is 1. The van der Waals surface area contributed by atoms with Crippen LogP contribution < -0.4 is 21.5 Å². The van der Waals surface area contributed by atoms with Crippen molar-refractivity contribution >= 4 is 17.8 Å². The predicted octanol–water partition coefficient (Wildman–Crippen LogP) is 5.03. The number of para-hydroxylation sites is 1. The number of carbonyl (C=O) groups excluding carboxylic acids is 2. The minimum atomic E-state index is -0.626. The second-order valence-corrected chi connectivity index (χ2v) is 10.0. The summed E-state index contributed by atoms with van der Waals surface area (Å²) in [6.07, 6.45) is 2.57. The maximum Gasteiger partial charge on any atom is 0.407 e. The van der Waals surface area contributed by atoms with Crippen molar-refractivity contribution in [3.05, 3.63) is 60.2 Å². The first kappa shape index (κ1) is 25.1. The number of nitrogens with zero attached hydrogens (tertiary/aromatic N) is 2. The van der Waals surface area contributed by atoms with E-state index in [0.29, 0.717) is 11.4 Å². The Morgan fingerprint density at radius 3 is 2.17 bits per heavy atom. The molecule has 0 aliphatic heterocycles. The van der Waals surface area contributed by atoms with E-state index in [1.807, 2.05) is 75.4 Å². The monoisotopic (exact) mass is 491 g/mol. The fourth-order valence-electron chi connectivity index (χ4n) is 4.42.